The molecule has 0 aromatic heterocycles. The molecule has 2 rings (SSSR count). The van der Waals surface area contributed by atoms with E-state index in [9.17, 15) is 9.18 Å². The van der Waals surface area contributed by atoms with E-state index in [1.165, 1.54) is 44.6 Å². The summed E-state index contributed by atoms with van der Waals surface area (Å²) in [5.74, 6) is -0.0873. The number of hydrogen-bond acceptors (Lipinski definition) is 4. The quantitative estimate of drug-likeness (QED) is 0.673. The van der Waals surface area contributed by atoms with E-state index in [0.29, 0.717) is 11.5 Å². The van der Waals surface area contributed by atoms with Crippen LogP contribution in [0.4, 0.5) is 4.39 Å². The highest BCUT2D eigenvalue weighted by Gasteiger charge is 2.09. The van der Waals surface area contributed by atoms with Crippen molar-refractivity contribution in [1.82, 2.24) is 5.43 Å². The number of halogens is 2. The molecule has 0 unspecified atom stereocenters. The highest BCUT2D eigenvalue weighted by atomic mass is 35.5. The lowest BCUT2D eigenvalue weighted by Gasteiger charge is -2.07. The zero-order valence-electron chi connectivity index (χ0n) is 12.5. The van der Waals surface area contributed by atoms with E-state index < -0.39 is 11.7 Å². The first-order valence-electron chi connectivity index (χ1n) is 6.55. The molecule has 1 N–H and O–H groups in total. The molecule has 5 nitrogen and oxygen atoms in total. The molecule has 0 aliphatic carbocycles. The molecule has 23 heavy (non-hydrogen) atoms. The van der Waals surface area contributed by atoms with Crippen molar-refractivity contribution in [1.29, 1.82) is 0 Å². The molecule has 0 heterocycles. The highest BCUT2D eigenvalue weighted by molar-refractivity contribution is 6.33. The largest absolute Gasteiger partial charge is 0.497 e. The monoisotopic (exact) mass is 336 g/mol. The van der Waals surface area contributed by atoms with Crippen LogP contribution in [0.25, 0.3) is 0 Å². The van der Waals surface area contributed by atoms with E-state index in [1.807, 2.05) is 0 Å². The minimum Gasteiger partial charge on any atom is -0.497 e. The molecule has 1 amide bonds. The Labute approximate surface area is 137 Å². The summed E-state index contributed by atoms with van der Waals surface area (Å²) in [5, 5.41) is 3.92. The first kappa shape index (κ1) is 16.8. The van der Waals surface area contributed by atoms with E-state index in [0.717, 1.165) is 6.21 Å². The average Bonchev–Trinajstić information content (AvgIpc) is 2.56. The Kier molecular flexibility index (Phi) is 5.54. The van der Waals surface area contributed by atoms with Crippen LogP contribution in [-0.4, -0.2) is 26.3 Å². The topological polar surface area (TPSA) is 59.9 Å². The van der Waals surface area contributed by atoms with Gasteiger partial charge >= 0.3 is 0 Å². The second-order valence-corrected chi connectivity index (χ2v) is 4.84. The van der Waals surface area contributed by atoms with Crippen molar-refractivity contribution < 1.29 is 18.7 Å². The van der Waals surface area contributed by atoms with Gasteiger partial charge in [-0.15, -0.1) is 0 Å². The fourth-order valence-electron chi connectivity index (χ4n) is 1.79. The van der Waals surface area contributed by atoms with Crippen LogP contribution in [0.3, 0.4) is 0 Å². The van der Waals surface area contributed by atoms with Crippen molar-refractivity contribution in [2.24, 2.45) is 5.10 Å². The van der Waals surface area contributed by atoms with E-state index in [2.05, 4.69) is 10.5 Å². The predicted octanol–water partition coefficient (Wildman–Crippen LogP) is 3.26. The molecule has 2 aromatic rings. The van der Waals surface area contributed by atoms with Crippen LogP contribution in [0.2, 0.25) is 5.02 Å². The summed E-state index contributed by atoms with van der Waals surface area (Å²) in [5.41, 5.74) is 2.68. The number of hydrazone groups is 1. The molecule has 0 spiro atoms. The Bertz CT molecular complexity index is 708. The first-order chi connectivity index (χ1) is 11.0. The maximum atomic E-state index is 13.6. The summed E-state index contributed by atoms with van der Waals surface area (Å²) >= 11 is 5.86. The minimum atomic E-state index is -0.529. The van der Waals surface area contributed by atoms with E-state index in [1.54, 1.807) is 6.07 Å². The molecule has 2 aromatic carbocycles. The maximum absolute atomic E-state index is 13.6. The molecule has 0 saturated heterocycles. The SMILES string of the molecule is COc1cc(OC)cc(C(=O)N/N=C\c2c(F)cccc2Cl)c1. The number of methoxy groups -OCH3 is 2. The second kappa shape index (κ2) is 7.60. The molecule has 0 fully saturated rings. The van der Waals surface area contributed by atoms with Gasteiger partial charge < -0.3 is 9.47 Å². The van der Waals surface area contributed by atoms with Gasteiger partial charge in [-0.25, -0.2) is 9.82 Å². The molecule has 0 aliphatic rings. The van der Waals surface area contributed by atoms with Gasteiger partial charge in [-0.2, -0.15) is 5.10 Å². The number of benzene rings is 2. The molecule has 0 radical (unpaired) electrons. The second-order valence-electron chi connectivity index (χ2n) is 4.44. The van der Waals surface area contributed by atoms with Crippen molar-refractivity contribution in [3.05, 3.63) is 58.4 Å². The third-order valence-corrected chi connectivity index (χ3v) is 3.30. The zero-order chi connectivity index (χ0) is 16.8. The Hall–Kier alpha value is -2.60. The molecular formula is C16H14ClFN2O3. The molecule has 0 saturated carbocycles. The molecule has 7 heteroatoms. The van der Waals surface area contributed by atoms with Gasteiger partial charge in [0.15, 0.2) is 0 Å². The fraction of sp³-hybridized carbons (Fsp3) is 0.125. The Morgan fingerprint density at radius 3 is 2.43 bits per heavy atom. The molecular weight excluding hydrogens is 323 g/mol. The van der Waals surface area contributed by atoms with Gasteiger partial charge in [-0.05, 0) is 24.3 Å². The molecule has 0 aliphatic heterocycles. The summed E-state index contributed by atoms with van der Waals surface area (Å²) in [6.45, 7) is 0. The van der Waals surface area contributed by atoms with Gasteiger partial charge in [0.25, 0.3) is 5.91 Å². The normalized spacial score (nSPS) is 10.6. The summed E-state index contributed by atoms with van der Waals surface area (Å²) in [6, 6.07) is 8.96. The van der Waals surface area contributed by atoms with Crippen LogP contribution in [0.1, 0.15) is 15.9 Å². The number of amides is 1. The number of nitrogens with zero attached hydrogens (tertiary/aromatic N) is 1. The van der Waals surface area contributed by atoms with Crippen LogP contribution in [0.5, 0.6) is 11.5 Å². The number of rotatable bonds is 5. The van der Waals surface area contributed by atoms with Crippen LogP contribution in [-0.2, 0) is 0 Å². The number of nitrogens with one attached hydrogen (secondary N) is 1. The van der Waals surface area contributed by atoms with Crippen LogP contribution in [0, 0.1) is 5.82 Å². The summed E-state index contributed by atoms with van der Waals surface area (Å²) in [7, 11) is 2.96. The van der Waals surface area contributed by atoms with Gasteiger partial charge in [-0.1, -0.05) is 17.7 Å². The number of ether oxygens (including phenoxy) is 2. The lowest BCUT2D eigenvalue weighted by molar-refractivity contribution is 0.0954. The summed E-state index contributed by atoms with van der Waals surface area (Å²) in [6.07, 6.45) is 1.15. The molecule has 120 valence electrons. The number of carbonyl (C=O) groups is 1. The lowest BCUT2D eigenvalue weighted by Crippen LogP contribution is -2.18. The predicted molar refractivity (Wildman–Crippen MR) is 86.0 cm³/mol. The Morgan fingerprint density at radius 2 is 1.87 bits per heavy atom. The molecule has 0 atom stereocenters. The van der Waals surface area contributed by atoms with Gasteiger partial charge in [0.2, 0.25) is 0 Å². The third-order valence-electron chi connectivity index (χ3n) is 2.97. The van der Waals surface area contributed by atoms with Gasteiger partial charge in [0.1, 0.15) is 17.3 Å². The summed E-state index contributed by atoms with van der Waals surface area (Å²) in [4.78, 5) is 12.1. The minimum absolute atomic E-state index is 0.0951. The summed E-state index contributed by atoms with van der Waals surface area (Å²) < 4.78 is 23.7. The van der Waals surface area contributed by atoms with Crippen molar-refractivity contribution in [3.8, 4) is 11.5 Å². The molecule has 0 bridgehead atoms. The third kappa shape index (κ3) is 4.20. The Balaban J connectivity index is 2.15. The number of hydrogen-bond donors (Lipinski definition) is 1. The van der Waals surface area contributed by atoms with Gasteiger partial charge in [0.05, 0.1) is 25.5 Å². The van der Waals surface area contributed by atoms with E-state index in [-0.39, 0.29) is 16.1 Å². The van der Waals surface area contributed by atoms with Crippen LogP contribution < -0.4 is 14.9 Å². The highest BCUT2D eigenvalue weighted by Crippen LogP contribution is 2.22. The maximum Gasteiger partial charge on any atom is 0.271 e. The average molecular weight is 337 g/mol. The van der Waals surface area contributed by atoms with E-state index in [4.69, 9.17) is 21.1 Å². The first-order valence-corrected chi connectivity index (χ1v) is 6.93. The van der Waals surface area contributed by atoms with Crippen LogP contribution >= 0.6 is 11.6 Å². The van der Waals surface area contributed by atoms with E-state index >= 15 is 0 Å². The van der Waals surface area contributed by atoms with Crippen molar-refractivity contribution in [2.45, 2.75) is 0 Å². The van der Waals surface area contributed by atoms with Gasteiger partial charge in [0, 0.05) is 17.2 Å². The van der Waals surface area contributed by atoms with Crippen molar-refractivity contribution in [2.75, 3.05) is 14.2 Å². The van der Waals surface area contributed by atoms with Crippen molar-refractivity contribution >= 4 is 23.7 Å². The fourth-order valence-corrected chi connectivity index (χ4v) is 2.00. The zero-order valence-corrected chi connectivity index (χ0v) is 13.2. The van der Waals surface area contributed by atoms with Crippen LogP contribution in [0.15, 0.2) is 41.5 Å². The van der Waals surface area contributed by atoms with Gasteiger partial charge in [-0.3, -0.25) is 4.79 Å². The lowest BCUT2D eigenvalue weighted by atomic mass is 10.2. The number of carbonyl (C=O) groups excluding carboxylic acids is 1. The van der Waals surface area contributed by atoms with Crippen molar-refractivity contribution in [3.63, 3.8) is 0 Å². The standard InChI is InChI=1S/C16H14ClFN2O3/c1-22-11-6-10(7-12(8-11)23-2)16(21)20-19-9-13-14(17)4-3-5-15(13)18/h3-9H,1-2H3,(H,20,21)/b19-9-. The smallest absolute Gasteiger partial charge is 0.271 e. The Morgan fingerprint density at radius 1 is 1.22 bits per heavy atom.